The van der Waals surface area contributed by atoms with E-state index in [-0.39, 0.29) is 5.69 Å². The third-order valence-electron chi connectivity index (χ3n) is 1.92. The van der Waals surface area contributed by atoms with Crippen LogP contribution in [-0.4, -0.2) is 18.5 Å². The second-order valence-electron chi connectivity index (χ2n) is 3.66. The van der Waals surface area contributed by atoms with E-state index in [9.17, 15) is 26.3 Å². The predicted octanol–water partition coefficient (Wildman–Crippen LogP) is 3.45. The third kappa shape index (κ3) is 3.71. The van der Waals surface area contributed by atoms with Crippen molar-refractivity contribution >= 4 is 5.69 Å². The molecule has 0 fully saturated rings. The lowest BCUT2D eigenvalue weighted by Gasteiger charge is -2.24. The number of nitrogen functional groups attached to an aromatic ring is 1. The molecule has 0 saturated heterocycles. The molecule has 0 unspecified atom stereocenters. The van der Waals surface area contributed by atoms with Crippen molar-refractivity contribution in [3.63, 3.8) is 0 Å². The molecular formula is C10H9F6NO. The highest BCUT2D eigenvalue weighted by molar-refractivity contribution is 5.47. The fourth-order valence-corrected chi connectivity index (χ4v) is 1.30. The number of ether oxygens (including phenoxy) is 1. The van der Waals surface area contributed by atoms with E-state index >= 15 is 0 Å². The molecule has 1 aromatic rings. The van der Waals surface area contributed by atoms with Crippen LogP contribution in [-0.2, 0) is 0 Å². The van der Waals surface area contributed by atoms with Crippen LogP contribution in [0.3, 0.4) is 0 Å². The molecule has 0 aliphatic heterocycles. The Labute approximate surface area is 98.3 Å². The smallest absolute Gasteiger partial charge is 0.434 e. The second kappa shape index (κ2) is 4.58. The van der Waals surface area contributed by atoms with Crippen molar-refractivity contribution in [2.45, 2.75) is 25.4 Å². The number of alkyl halides is 6. The zero-order valence-corrected chi connectivity index (χ0v) is 9.06. The Kier molecular flexibility index (Phi) is 3.68. The fourth-order valence-electron chi connectivity index (χ4n) is 1.30. The molecule has 8 heteroatoms. The first-order valence-electron chi connectivity index (χ1n) is 4.67. The Bertz CT molecular complexity index is 391. The minimum Gasteiger partial charge on any atom is -0.471 e. The number of halogens is 6. The summed E-state index contributed by atoms with van der Waals surface area (Å²) in [6, 6.07) is 3.33. The molecule has 0 bridgehead atoms. The highest BCUT2D eigenvalue weighted by atomic mass is 19.4. The summed E-state index contributed by atoms with van der Waals surface area (Å²) >= 11 is 0. The number of nitrogens with two attached hydrogens (primary N) is 1. The Balaban J connectivity index is 3.04. The normalized spacial score (nSPS) is 12.9. The molecule has 0 radical (unpaired) electrons. The molecule has 1 rings (SSSR count). The molecule has 18 heavy (non-hydrogen) atoms. The highest BCUT2D eigenvalue weighted by Crippen LogP contribution is 2.36. The Morgan fingerprint density at radius 2 is 1.50 bits per heavy atom. The van der Waals surface area contributed by atoms with Crippen LogP contribution in [0.2, 0.25) is 0 Å². The van der Waals surface area contributed by atoms with E-state index < -0.39 is 24.2 Å². The first-order valence-corrected chi connectivity index (χ1v) is 4.67. The van der Waals surface area contributed by atoms with E-state index in [1.165, 1.54) is 13.0 Å². The predicted molar refractivity (Wildman–Crippen MR) is 52.1 cm³/mol. The van der Waals surface area contributed by atoms with Gasteiger partial charge in [0.25, 0.3) is 6.10 Å². The van der Waals surface area contributed by atoms with Gasteiger partial charge in [0.2, 0.25) is 0 Å². The van der Waals surface area contributed by atoms with Crippen LogP contribution in [0.4, 0.5) is 32.0 Å². The minimum atomic E-state index is -5.54. The van der Waals surface area contributed by atoms with Crippen LogP contribution in [0.5, 0.6) is 5.75 Å². The maximum atomic E-state index is 12.2. The van der Waals surface area contributed by atoms with Crippen LogP contribution in [0.25, 0.3) is 0 Å². The van der Waals surface area contributed by atoms with Crippen LogP contribution >= 0.6 is 0 Å². The van der Waals surface area contributed by atoms with E-state index in [0.29, 0.717) is 5.56 Å². The molecule has 1 aromatic carbocycles. The molecule has 0 spiro atoms. The molecule has 0 amide bonds. The average molecular weight is 273 g/mol. The number of rotatable bonds is 2. The Morgan fingerprint density at radius 1 is 1.00 bits per heavy atom. The van der Waals surface area contributed by atoms with Crippen molar-refractivity contribution in [3.8, 4) is 5.75 Å². The van der Waals surface area contributed by atoms with Gasteiger partial charge >= 0.3 is 12.4 Å². The van der Waals surface area contributed by atoms with Crippen LogP contribution in [0.15, 0.2) is 18.2 Å². The molecule has 0 aliphatic carbocycles. The number of aryl methyl sites for hydroxylation is 1. The molecule has 0 atom stereocenters. The quantitative estimate of drug-likeness (QED) is 0.661. The number of benzene rings is 1. The van der Waals surface area contributed by atoms with Gasteiger partial charge in [0, 0.05) is 11.8 Å². The summed E-state index contributed by atoms with van der Waals surface area (Å²) < 4.78 is 77.3. The maximum absolute atomic E-state index is 12.2. The molecule has 102 valence electrons. The monoisotopic (exact) mass is 273 g/mol. The lowest BCUT2D eigenvalue weighted by atomic mass is 10.2. The van der Waals surface area contributed by atoms with Gasteiger partial charge in [-0.2, -0.15) is 26.3 Å². The first-order chi connectivity index (χ1) is 8.00. The van der Waals surface area contributed by atoms with E-state index in [1.54, 1.807) is 0 Å². The summed E-state index contributed by atoms with van der Waals surface area (Å²) in [6.45, 7) is 1.47. The van der Waals surface area contributed by atoms with Crippen molar-refractivity contribution in [2.75, 3.05) is 5.73 Å². The average Bonchev–Trinajstić information content (AvgIpc) is 2.08. The molecule has 2 N–H and O–H groups in total. The second-order valence-corrected chi connectivity index (χ2v) is 3.66. The Morgan fingerprint density at radius 3 is 1.89 bits per heavy atom. The van der Waals surface area contributed by atoms with E-state index in [2.05, 4.69) is 4.74 Å². The molecule has 0 heterocycles. The molecule has 0 saturated carbocycles. The van der Waals surface area contributed by atoms with Crippen molar-refractivity contribution in [2.24, 2.45) is 0 Å². The first kappa shape index (κ1) is 14.5. The zero-order chi connectivity index (χ0) is 14.1. The topological polar surface area (TPSA) is 35.2 Å². The summed E-state index contributed by atoms with van der Waals surface area (Å²) in [5.41, 5.74) is 5.73. The van der Waals surface area contributed by atoms with Gasteiger partial charge in [-0.25, -0.2) is 0 Å². The molecule has 0 aliphatic rings. The van der Waals surface area contributed by atoms with E-state index in [1.807, 2.05) is 0 Å². The van der Waals surface area contributed by atoms with E-state index in [4.69, 9.17) is 5.73 Å². The van der Waals surface area contributed by atoms with Crippen molar-refractivity contribution in [3.05, 3.63) is 23.8 Å². The standard InChI is InChI=1S/C10H9F6NO/c1-5-2-6(17)4-7(3-5)18-8(9(11,12)13)10(14,15)16/h2-4,8H,17H2,1H3. The number of hydrogen-bond donors (Lipinski definition) is 1. The summed E-state index contributed by atoms with van der Waals surface area (Å²) in [5.74, 6) is -0.577. The SMILES string of the molecule is Cc1cc(N)cc(OC(C(F)(F)F)C(F)(F)F)c1. The Hall–Kier alpha value is -1.60. The largest absolute Gasteiger partial charge is 0.471 e. The van der Waals surface area contributed by atoms with Crippen LogP contribution < -0.4 is 10.5 Å². The van der Waals surface area contributed by atoms with Crippen molar-refractivity contribution < 1.29 is 31.1 Å². The highest BCUT2D eigenvalue weighted by Gasteiger charge is 2.59. The number of hydrogen-bond acceptors (Lipinski definition) is 2. The van der Waals surface area contributed by atoms with Crippen LogP contribution in [0, 0.1) is 6.92 Å². The van der Waals surface area contributed by atoms with Gasteiger partial charge in [-0.1, -0.05) is 0 Å². The lowest BCUT2D eigenvalue weighted by Crippen LogP contribution is -2.46. The maximum Gasteiger partial charge on any atom is 0.434 e. The molecule has 0 aromatic heterocycles. The van der Waals surface area contributed by atoms with Gasteiger partial charge < -0.3 is 10.5 Å². The third-order valence-corrected chi connectivity index (χ3v) is 1.92. The van der Waals surface area contributed by atoms with Crippen molar-refractivity contribution in [1.29, 1.82) is 0 Å². The summed E-state index contributed by atoms with van der Waals surface area (Å²) in [4.78, 5) is 0. The summed E-state index contributed by atoms with van der Waals surface area (Å²) in [7, 11) is 0. The summed E-state index contributed by atoms with van der Waals surface area (Å²) in [6.07, 6.45) is -15.0. The minimum absolute atomic E-state index is 0.0214. The van der Waals surface area contributed by atoms with Crippen LogP contribution in [0.1, 0.15) is 5.56 Å². The zero-order valence-electron chi connectivity index (χ0n) is 9.06. The number of anilines is 1. The van der Waals surface area contributed by atoms with Gasteiger partial charge in [0.15, 0.2) is 0 Å². The van der Waals surface area contributed by atoms with Gasteiger partial charge in [0.05, 0.1) is 0 Å². The van der Waals surface area contributed by atoms with Gasteiger partial charge in [0.1, 0.15) is 5.75 Å². The van der Waals surface area contributed by atoms with Gasteiger partial charge in [-0.15, -0.1) is 0 Å². The van der Waals surface area contributed by atoms with E-state index in [0.717, 1.165) is 12.1 Å². The molecular weight excluding hydrogens is 264 g/mol. The lowest BCUT2D eigenvalue weighted by molar-refractivity contribution is -0.299. The summed E-state index contributed by atoms with van der Waals surface area (Å²) in [5, 5.41) is 0. The molecule has 2 nitrogen and oxygen atoms in total. The van der Waals surface area contributed by atoms with Gasteiger partial charge in [-0.05, 0) is 24.6 Å². The van der Waals surface area contributed by atoms with Crippen molar-refractivity contribution in [1.82, 2.24) is 0 Å². The fraction of sp³-hybridized carbons (Fsp3) is 0.400. The van der Waals surface area contributed by atoms with Gasteiger partial charge in [-0.3, -0.25) is 0 Å².